The van der Waals surface area contributed by atoms with Crippen molar-refractivity contribution >= 4 is 16.0 Å². The number of rotatable bonds is 9. The molecule has 162 valence electrons. The molecule has 0 aliphatic carbocycles. The zero-order valence-electron chi connectivity index (χ0n) is 12.8. The molecule has 0 saturated carbocycles. The van der Waals surface area contributed by atoms with E-state index in [4.69, 9.17) is 5.11 Å². The molecule has 0 aromatic heterocycles. The number of halogens is 11. The van der Waals surface area contributed by atoms with Gasteiger partial charge in [-0.1, -0.05) is 6.92 Å². The smallest absolute Gasteiger partial charge is 0.460 e. The predicted octanol–water partition coefficient (Wildman–Crippen LogP) is 3.17. The molecule has 0 aromatic carbocycles. The maximum Gasteiger partial charge on any atom is 0.460 e. The second kappa shape index (κ2) is 7.21. The fourth-order valence-electron chi connectivity index (χ4n) is 1.57. The quantitative estimate of drug-likeness (QED) is 0.549. The summed E-state index contributed by atoms with van der Waals surface area (Å²) >= 11 is 0. The molecule has 0 radical (unpaired) electrons. The van der Waals surface area contributed by atoms with Crippen LogP contribution >= 0.6 is 0 Å². The Balaban J connectivity index is 6.49. The van der Waals surface area contributed by atoms with E-state index < -0.39 is 69.0 Å². The van der Waals surface area contributed by atoms with Crippen LogP contribution in [0.15, 0.2) is 0 Å². The number of sulfonamides is 1. The van der Waals surface area contributed by atoms with Crippen LogP contribution in [-0.2, 0) is 14.8 Å². The SMILES string of the molecule is CCCN(CC(=O)O)S(=O)(=O)C(F)(F)C(F)(F)C(F)(F)C(F)(F)C(F)(F)F. The van der Waals surface area contributed by atoms with Crippen LogP contribution in [-0.4, -0.2) is 66.1 Å². The van der Waals surface area contributed by atoms with Crippen LogP contribution in [0.2, 0.25) is 0 Å². The molecule has 27 heavy (non-hydrogen) atoms. The molecule has 0 saturated heterocycles. The van der Waals surface area contributed by atoms with Gasteiger partial charge in [0.2, 0.25) is 0 Å². The summed E-state index contributed by atoms with van der Waals surface area (Å²) < 4.78 is 164. The number of carboxylic acid groups (broad SMARTS) is 1. The third-order valence-corrected chi connectivity index (χ3v) is 4.85. The summed E-state index contributed by atoms with van der Waals surface area (Å²) in [4.78, 5) is 10.4. The number of aliphatic carboxylic acids is 1. The highest BCUT2D eigenvalue weighted by molar-refractivity contribution is 7.90. The molecule has 0 unspecified atom stereocenters. The minimum absolute atomic E-state index is 0.525. The first-order valence-corrected chi connectivity index (χ1v) is 7.86. The average molecular weight is 449 g/mol. The minimum atomic E-state index is -7.91. The highest BCUT2D eigenvalue weighted by Gasteiger charge is 2.89. The van der Waals surface area contributed by atoms with Crippen LogP contribution in [0.4, 0.5) is 48.3 Å². The van der Waals surface area contributed by atoms with Crippen molar-refractivity contribution in [3.8, 4) is 0 Å². The van der Waals surface area contributed by atoms with Gasteiger partial charge in [-0.15, -0.1) is 0 Å². The van der Waals surface area contributed by atoms with Gasteiger partial charge in [-0.25, -0.2) is 8.42 Å². The van der Waals surface area contributed by atoms with Gasteiger partial charge in [0, 0.05) is 6.54 Å². The second-order valence-electron chi connectivity index (χ2n) is 4.97. The zero-order valence-corrected chi connectivity index (χ0v) is 13.6. The lowest BCUT2D eigenvalue weighted by Gasteiger charge is -2.38. The number of carboxylic acids is 1. The van der Waals surface area contributed by atoms with E-state index in [-0.39, 0.29) is 0 Å². The third-order valence-electron chi connectivity index (χ3n) is 2.96. The molecule has 0 bridgehead atoms. The van der Waals surface area contributed by atoms with E-state index in [1.54, 1.807) is 0 Å². The van der Waals surface area contributed by atoms with Crippen LogP contribution in [0.1, 0.15) is 13.3 Å². The predicted molar refractivity (Wildman–Crippen MR) is 64.3 cm³/mol. The van der Waals surface area contributed by atoms with Crippen molar-refractivity contribution < 1.29 is 66.6 Å². The van der Waals surface area contributed by atoms with Crippen molar-refractivity contribution in [3.63, 3.8) is 0 Å². The van der Waals surface area contributed by atoms with E-state index in [0.29, 0.717) is 0 Å². The van der Waals surface area contributed by atoms with Crippen molar-refractivity contribution in [2.75, 3.05) is 13.1 Å². The molecule has 0 heterocycles. The van der Waals surface area contributed by atoms with Gasteiger partial charge in [0.15, 0.2) is 0 Å². The number of alkyl halides is 11. The van der Waals surface area contributed by atoms with Crippen molar-refractivity contribution in [3.05, 3.63) is 0 Å². The van der Waals surface area contributed by atoms with Gasteiger partial charge in [-0.2, -0.15) is 52.6 Å². The normalized spacial score (nSPS) is 15.3. The number of hydrogen-bond acceptors (Lipinski definition) is 3. The summed E-state index contributed by atoms with van der Waals surface area (Å²) in [5, 5.41) is 1.16. The summed E-state index contributed by atoms with van der Waals surface area (Å²) in [5.74, 6) is -25.7. The summed E-state index contributed by atoms with van der Waals surface area (Å²) in [6, 6.07) is 0. The topological polar surface area (TPSA) is 74.7 Å². The number of hydrogen-bond donors (Lipinski definition) is 1. The average Bonchev–Trinajstić information content (AvgIpc) is 2.44. The molecule has 0 aromatic rings. The fourth-order valence-corrected chi connectivity index (χ4v) is 3.05. The van der Waals surface area contributed by atoms with Gasteiger partial charge in [-0.3, -0.25) is 4.79 Å². The number of nitrogens with zero attached hydrogens (tertiary/aromatic N) is 1. The summed E-state index contributed by atoms with van der Waals surface area (Å²) in [6.45, 7) is -2.22. The molecule has 1 N–H and O–H groups in total. The molecule has 5 nitrogen and oxygen atoms in total. The third kappa shape index (κ3) is 3.93. The summed E-state index contributed by atoms with van der Waals surface area (Å²) in [6.07, 6.45) is -7.97. The van der Waals surface area contributed by atoms with Crippen LogP contribution in [0.5, 0.6) is 0 Å². The number of carbonyl (C=O) groups is 1. The molecule has 0 fully saturated rings. The lowest BCUT2D eigenvalue weighted by atomic mass is 10.0. The maximum absolute atomic E-state index is 13.7. The molecule has 0 aliphatic heterocycles. The Kier molecular flexibility index (Phi) is 6.84. The summed E-state index contributed by atoms with van der Waals surface area (Å²) in [7, 11) is -7.12. The standard InChI is InChI=1S/C10H10F11NO4S/c1-2-3-22(4-5(23)24)27(25,26)10(20,21)8(15,16)6(11,12)7(13,14)9(17,18)19/h2-4H2,1H3,(H,23,24). The first-order valence-electron chi connectivity index (χ1n) is 6.42. The molecule has 0 spiro atoms. The van der Waals surface area contributed by atoms with Gasteiger partial charge < -0.3 is 5.11 Å². The van der Waals surface area contributed by atoms with Crippen molar-refractivity contribution in [2.45, 2.75) is 42.5 Å². The Morgan fingerprint density at radius 1 is 0.852 bits per heavy atom. The van der Waals surface area contributed by atoms with Crippen LogP contribution in [0.25, 0.3) is 0 Å². The van der Waals surface area contributed by atoms with Gasteiger partial charge in [-0.05, 0) is 6.42 Å². The lowest BCUT2D eigenvalue weighted by molar-refractivity contribution is -0.413. The second-order valence-corrected chi connectivity index (χ2v) is 6.95. The monoisotopic (exact) mass is 449 g/mol. The first kappa shape index (κ1) is 25.6. The minimum Gasteiger partial charge on any atom is -0.480 e. The highest BCUT2D eigenvalue weighted by Crippen LogP contribution is 2.58. The molecular weight excluding hydrogens is 439 g/mol. The van der Waals surface area contributed by atoms with Gasteiger partial charge in [0.25, 0.3) is 10.0 Å². The fraction of sp³-hybridized carbons (Fsp3) is 0.900. The molecule has 0 atom stereocenters. The van der Waals surface area contributed by atoms with Gasteiger partial charge >= 0.3 is 35.2 Å². The van der Waals surface area contributed by atoms with E-state index >= 15 is 0 Å². The van der Waals surface area contributed by atoms with E-state index in [9.17, 15) is 61.5 Å². The Morgan fingerprint density at radius 3 is 1.56 bits per heavy atom. The van der Waals surface area contributed by atoms with Crippen molar-refractivity contribution in [2.24, 2.45) is 0 Å². The van der Waals surface area contributed by atoms with Crippen molar-refractivity contribution in [1.82, 2.24) is 4.31 Å². The lowest BCUT2D eigenvalue weighted by Crippen LogP contribution is -2.69. The van der Waals surface area contributed by atoms with E-state index in [1.807, 2.05) is 0 Å². The Bertz CT molecular complexity index is 659. The molecule has 0 amide bonds. The summed E-state index contributed by atoms with van der Waals surface area (Å²) in [5.41, 5.74) is 0. The largest absolute Gasteiger partial charge is 0.480 e. The van der Waals surface area contributed by atoms with Crippen LogP contribution in [0, 0.1) is 0 Å². The Labute approximate surface area is 143 Å². The van der Waals surface area contributed by atoms with Crippen LogP contribution < -0.4 is 0 Å². The Morgan fingerprint density at radius 2 is 1.26 bits per heavy atom. The van der Waals surface area contributed by atoms with Gasteiger partial charge in [0.1, 0.15) is 6.54 Å². The highest BCUT2D eigenvalue weighted by atomic mass is 32.2. The van der Waals surface area contributed by atoms with Gasteiger partial charge in [0.05, 0.1) is 0 Å². The van der Waals surface area contributed by atoms with E-state index in [2.05, 4.69) is 0 Å². The molecule has 0 rings (SSSR count). The van der Waals surface area contributed by atoms with E-state index in [0.717, 1.165) is 6.92 Å². The molecule has 17 heteroatoms. The van der Waals surface area contributed by atoms with Crippen molar-refractivity contribution in [1.29, 1.82) is 0 Å². The van der Waals surface area contributed by atoms with E-state index in [1.165, 1.54) is 0 Å². The van der Waals surface area contributed by atoms with Crippen LogP contribution in [0.3, 0.4) is 0 Å². The molecular formula is C10H10F11NO4S. The zero-order chi connectivity index (χ0) is 22.3. The maximum atomic E-state index is 13.7. The Hall–Kier alpha value is -1.39. The first-order chi connectivity index (χ1) is 11.6. The molecule has 0 aliphatic rings.